The molecule has 40 heavy (non-hydrogen) atoms. The maximum atomic E-state index is 14.2. The van der Waals surface area contributed by atoms with Crippen LogP contribution < -0.4 is 9.62 Å². The van der Waals surface area contributed by atoms with Crippen LogP contribution >= 0.6 is 0 Å². The fourth-order valence-corrected chi connectivity index (χ4v) is 5.33. The van der Waals surface area contributed by atoms with Gasteiger partial charge >= 0.3 is 10.2 Å². The van der Waals surface area contributed by atoms with E-state index < -0.39 is 28.7 Å². The van der Waals surface area contributed by atoms with Crippen molar-refractivity contribution in [3.63, 3.8) is 0 Å². The van der Waals surface area contributed by atoms with E-state index >= 15 is 0 Å². The molecule has 0 aliphatic carbocycles. The first-order valence-corrected chi connectivity index (χ1v) is 14.9. The summed E-state index contributed by atoms with van der Waals surface area (Å²) in [4.78, 5) is 29.5. The first kappa shape index (κ1) is 30.8. The number of carbonyl (C=O) groups excluding carboxylic acids is 2. The van der Waals surface area contributed by atoms with Crippen molar-refractivity contribution >= 4 is 27.7 Å². The van der Waals surface area contributed by atoms with E-state index in [0.717, 1.165) is 31.7 Å². The number of anilines is 1. The summed E-state index contributed by atoms with van der Waals surface area (Å²) >= 11 is 0. The Bertz CT molecular complexity index is 1360. The van der Waals surface area contributed by atoms with Gasteiger partial charge in [-0.15, -0.1) is 0 Å². The number of hydrogen-bond acceptors (Lipinski definition) is 4. The van der Waals surface area contributed by atoms with Crippen molar-refractivity contribution < 1.29 is 18.0 Å². The summed E-state index contributed by atoms with van der Waals surface area (Å²) in [7, 11) is -1.15. The van der Waals surface area contributed by atoms with Crippen LogP contribution in [0.4, 0.5) is 5.69 Å². The topological polar surface area (TPSA) is 90.0 Å². The molecule has 3 aromatic rings. The molecule has 2 atom stereocenters. The molecule has 0 heterocycles. The summed E-state index contributed by atoms with van der Waals surface area (Å²) in [6.45, 7) is 5.55. The molecule has 0 aliphatic heterocycles. The molecular formula is C31H40N4O4S. The molecule has 0 fully saturated rings. The zero-order chi connectivity index (χ0) is 29.3. The Labute approximate surface area is 238 Å². The molecule has 0 aromatic heterocycles. The lowest BCUT2D eigenvalue weighted by atomic mass is 10.0. The highest BCUT2D eigenvalue weighted by atomic mass is 32.2. The van der Waals surface area contributed by atoms with Crippen LogP contribution in [0, 0.1) is 6.92 Å². The van der Waals surface area contributed by atoms with Gasteiger partial charge in [0, 0.05) is 33.1 Å². The van der Waals surface area contributed by atoms with Crippen molar-refractivity contribution in [1.82, 2.24) is 14.5 Å². The maximum absolute atomic E-state index is 14.2. The number of hydrogen-bond donors (Lipinski definition) is 1. The van der Waals surface area contributed by atoms with E-state index in [1.807, 2.05) is 75.4 Å². The van der Waals surface area contributed by atoms with E-state index in [-0.39, 0.29) is 24.9 Å². The number of carbonyl (C=O) groups is 2. The lowest BCUT2D eigenvalue weighted by Crippen LogP contribution is -2.55. The number of benzene rings is 3. The van der Waals surface area contributed by atoms with Gasteiger partial charge in [0.1, 0.15) is 12.6 Å². The first-order chi connectivity index (χ1) is 19.0. The van der Waals surface area contributed by atoms with Crippen molar-refractivity contribution in [3.8, 4) is 0 Å². The van der Waals surface area contributed by atoms with Crippen molar-refractivity contribution in [2.45, 2.75) is 52.2 Å². The minimum absolute atomic E-state index is 0.0869. The molecular weight excluding hydrogens is 524 g/mol. The first-order valence-electron chi connectivity index (χ1n) is 13.5. The summed E-state index contributed by atoms with van der Waals surface area (Å²) in [5, 5.41) is 3.05. The van der Waals surface area contributed by atoms with Crippen LogP contribution in [0.5, 0.6) is 0 Å². The summed E-state index contributed by atoms with van der Waals surface area (Å²) < 4.78 is 28.9. The van der Waals surface area contributed by atoms with E-state index in [1.54, 1.807) is 30.3 Å². The van der Waals surface area contributed by atoms with Crippen LogP contribution in [0.2, 0.25) is 0 Å². The summed E-state index contributed by atoms with van der Waals surface area (Å²) in [5.74, 6) is -0.750. The Morgan fingerprint density at radius 1 is 0.875 bits per heavy atom. The van der Waals surface area contributed by atoms with Gasteiger partial charge in [-0.3, -0.25) is 9.59 Å². The molecule has 1 N–H and O–H groups in total. The molecule has 0 radical (unpaired) electrons. The molecule has 214 valence electrons. The van der Waals surface area contributed by atoms with E-state index in [4.69, 9.17) is 0 Å². The van der Waals surface area contributed by atoms with Crippen LogP contribution in [0.15, 0.2) is 84.9 Å². The molecule has 0 bridgehead atoms. The van der Waals surface area contributed by atoms with Gasteiger partial charge in [0.2, 0.25) is 11.8 Å². The largest absolute Gasteiger partial charge is 0.352 e. The lowest BCUT2D eigenvalue weighted by molar-refractivity contribution is -0.140. The van der Waals surface area contributed by atoms with E-state index in [2.05, 4.69) is 5.32 Å². The van der Waals surface area contributed by atoms with Gasteiger partial charge in [-0.1, -0.05) is 79.7 Å². The van der Waals surface area contributed by atoms with Gasteiger partial charge in [0.05, 0.1) is 5.69 Å². The highest BCUT2D eigenvalue weighted by Gasteiger charge is 2.35. The standard InChI is InChI=1S/C31H40N4O4S/c1-6-25(3)32-31(37)29(21-26-16-9-7-10-17-26)34(22-27-18-14-13-15-24(27)2)30(36)23-35(40(38,39)33(4)5)28-19-11-8-12-20-28/h7-20,25,29H,6,21-23H2,1-5H3,(H,32,37)/t25-,29-/m1/s1. The second kappa shape index (κ2) is 14.1. The molecule has 3 aromatic carbocycles. The third kappa shape index (κ3) is 7.92. The van der Waals surface area contributed by atoms with Crippen LogP contribution in [0.25, 0.3) is 0 Å². The number of nitrogens with zero attached hydrogens (tertiary/aromatic N) is 3. The van der Waals surface area contributed by atoms with Crippen molar-refractivity contribution in [3.05, 3.63) is 102 Å². The molecule has 0 aliphatic rings. The highest BCUT2D eigenvalue weighted by Crippen LogP contribution is 2.22. The SMILES string of the molecule is CC[C@@H](C)NC(=O)[C@@H](Cc1ccccc1)N(Cc1ccccc1C)C(=O)CN(c1ccccc1)S(=O)(=O)N(C)C. The Morgan fingerprint density at radius 2 is 1.45 bits per heavy atom. The number of aryl methyl sites for hydroxylation is 1. The third-order valence-electron chi connectivity index (χ3n) is 6.94. The number of nitrogens with one attached hydrogen (secondary N) is 1. The number of para-hydroxylation sites is 1. The maximum Gasteiger partial charge on any atom is 0.304 e. The van der Waals surface area contributed by atoms with Gasteiger partial charge in [0.25, 0.3) is 0 Å². The Balaban J connectivity index is 2.09. The normalized spacial score (nSPS) is 12.9. The van der Waals surface area contributed by atoms with Crippen LogP contribution in [-0.4, -0.2) is 62.2 Å². The number of rotatable bonds is 13. The lowest BCUT2D eigenvalue weighted by Gasteiger charge is -2.35. The number of amides is 2. The Kier molecular flexibility index (Phi) is 10.9. The predicted octanol–water partition coefficient (Wildman–Crippen LogP) is 4.16. The Morgan fingerprint density at radius 3 is 2.02 bits per heavy atom. The minimum atomic E-state index is -4.01. The predicted molar refractivity (Wildman–Crippen MR) is 160 cm³/mol. The fraction of sp³-hybridized carbons (Fsp3) is 0.355. The molecule has 9 heteroatoms. The molecule has 0 spiro atoms. The van der Waals surface area contributed by atoms with E-state index in [0.29, 0.717) is 5.69 Å². The van der Waals surface area contributed by atoms with Crippen LogP contribution in [0.1, 0.15) is 37.0 Å². The van der Waals surface area contributed by atoms with E-state index in [1.165, 1.54) is 19.0 Å². The van der Waals surface area contributed by atoms with Crippen molar-refractivity contribution in [2.75, 3.05) is 24.9 Å². The summed E-state index contributed by atoms with van der Waals surface area (Å²) in [5.41, 5.74) is 3.12. The second-order valence-corrected chi connectivity index (χ2v) is 12.2. The molecule has 8 nitrogen and oxygen atoms in total. The van der Waals surface area contributed by atoms with Gasteiger partial charge in [-0.25, -0.2) is 4.31 Å². The van der Waals surface area contributed by atoms with E-state index in [9.17, 15) is 18.0 Å². The van der Waals surface area contributed by atoms with Gasteiger partial charge in [-0.2, -0.15) is 12.7 Å². The van der Waals surface area contributed by atoms with Crippen LogP contribution in [0.3, 0.4) is 0 Å². The van der Waals surface area contributed by atoms with Gasteiger partial charge < -0.3 is 10.2 Å². The third-order valence-corrected chi connectivity index (χ3v) is 8.76. The Hall–Kier alpha value is -3.69. The average molecular weight is 565 g/mol. The molecule has 3 rings (SSSR count). The van der Waals surface area contributed by atoms with Crippen molar-refractivity contribution in [1.29, 1.82) is 0 Å². The van der Waals surface area contributed by atoms with Gasteiger partial charge in [0.15, 0.2) is 0 Å². The second-order valence-electron chi connectivity index (χ2n) is 10.1. The zero-order valence-corrected chi connectivity index (χ0v) is 24.8. The fourth-order valence-electron chi connectivity index (χ4n) is 4.28. The smallest absolute Gasteiger partial charge is 0.304 e. The van der Waals surface area contributed by atoms with Crippen LogP contribution in [-0.2, 0) is 32.8 Å². The highest BCUT2D eigenvalue weighted by molar-refractivity contribution is 7.90. The van der Waals surface area contributed by atoms with Crippen molar-refractivity contribution in [2.24, 2.45) is 0 Å². The summed E-state index contributed by atoms with van der Waals surface area (Å²) in [6, 6.07) is 24.8. The minimum Gasteiger partial charge on any atom is -0.352 e. The monoisotopic (exact) mass is 564 g/mol. The molecule has 0 unspecified atom stereocenters. The average Bonchev–Trinajstić information content (AvgIpc) is 2.95. The molecule has 2 amide bonds. The summed E-state index contributed by atoms with van der Waals surface area (Å²) in [6.07, 6.45) is 1.02. The molecule has 0 saturated heterocycles. The van der Waals surface area contributed by atoms with Gasteiger partial charge in [-0.05, 0) is 49.1 Å². The molecule has 0 saturated carbocycles. The zero-order valence-electron chi connectivity index (χ0n) is 23.9. The quantitative estimate of drug-likeness (QED) is 0.338.